The van der Waals surface area contributed by atoms with Gasteiger partial charge in [-0.1, -0.05) is 12.1 Å². The fraction of sp³-hybridized carbons (Fsp3) is 0.385. The van der Waals surface area contributed by atoms with Gasteiger partial charge in [0.25, 0.3) is 0 Å². The third-order valence-corrected chi connectivity index (χ3v) is 6.61. The van der Waals surface area contributed by atoms with Crippen LogP contribution in [-0.4, -0.2) is 61.1 Å². The van der Waals surface area contributed by atoms with Gasteiger partial charge in [-0.05, 0) is 43.2 Å². The molecule has 1 saturated heterocycles. The van der Waals surface area contributed by atoms with Crippen molar-refractivity contribution >= 4 is 22.6 Å². The summed E-state index contributed by atoms with van der Waals surface area (Å²) in [4.78, 5) is 30.4. The molecule has 1 aliphatic carbocycles. The predicted molar refractivity (Wildman–Crippen MR) is 124 cm³/mol. The number of amides is 1. The molecule has 1 aliphatic heterocycles. The van der Waals surface area contributed by atoms with E-state index in [0.717, 1.165) is 51.2 Å². The van der Waals surface area contributed by atoms with Crippen molar-refractivity contribution in [2.75, 3.05) is 33.4 Å². The van der Waals surface area contributed by atoms with E-state index < -0.39 is 0 Å². The third-order valence-electron chi connectivity index (χ3n) is 6.61. The first kappa shape index (κ1) is 21.5. The molecule has 5 rings (SSSR count). The van der Waals surface area contributed by atoms with Crippen LogP contribution in [-0.2, 0) is 22.4 Å². The summed E-state index contributed by atoms with van der Waals surface area (Å²) in [5.74, 6) is 1.76. The summed E-state index contributed by atoms with van der Waals surface area (Å²) in [5.41, 5.74) is 4.74. The highest BCUT2D eigenvalue weighted by Gasteiger charge is 2.27. The number of carbonyl (C=O) groups is 2. The van der Waals surface area contributed by atoms with Crippen molar-refractivity contribution in [3.05, 3.63) is 58.8 Å². The van der Waals surface area contributed by atoms with Gasteiger partial charge >= 0.3 is 0 Å². The summed E-state index contributed by atoms with van der Waals surface area (Å²) < 4.78 is 17.3. The largest absolute Gasteiger partial charge is 0.497 e. The van der Waals surface area contributed by atoms with Crippen molar-refractivity contribution in [2.24, 2.45) is 0 Å². The van der Waals surface area contributed by atoms with Crippen molar-refractivity contribution in [1.82, 2.24) is 9.88 Å². The number of ketones is 1. The zero-order valence-corrected chi connectivity index (χ0v) is 19.0. The van der Waals surface area contributed by atoms with Gasteiger partial charge in [0.05, 0.1) is 26.7 Å². The van der Waals surface area contributed by atoms with Crippen LogP contribution in [0.5, 0.6) is 11.5 Å². The highest BCUT2D eigenvalue weighted by Crippen LogP contribution is 2.31. The Labute approximate surface area is 192 Å². The number of hydrogen-bond acceptors (Lipinski definition) is 5. The number of aryl methyl sites for hydroxylation is 1. The van der Waals surface area contributed by atoms with Gasteiger partial charge in [0.15, 0.2) is 5.78 Å². The summed E-state index contributed by atoms with van der Waals surface area (Å²) in [6.45, 7) is 3.87. The molecular formula is C26H28N2O5. The Morgan fingerprint density at radius 2 is 2.12 bits per heavy atom. The van der Waals surface area contributed by atoms with Crippen molar-refractivity contribution < 1.29 is 23.8 Å². The highest BCUT2D eigenvalue weighted by atomic mass is 16.5. The van der Waals surface area contributed by atoms with Crippen LogP contribution in [0.1, 0.15) is 33.6 Å². The fourth-order valence-corrected chi connectivity index (χ4v) is 4.80. The number of nitrogens with zero attached hydrogens (tertiary/aromatic N) is 1. The first-order valence-electron chi connectivity index (χ1n) is 11.4. The van der Waals surface area contributed by atoms with Crippen LogP contribution in [0, 0.1) is 6.92 Å². The number of carbonyl (C=O) groups excluding carboxylic acids is 2. The minimum atomic E-state index is -0.208. The molecule has 1 unspecified atom stereocenters. The van der Waals surface area contributed by atoms with Gasteiger partial charge in [0.1, 0.15) is 24.2 Å². The molecule has 1 atom stereocenters. The lowest BCUT2D eigenvalue weighted by Crippen LogP contribution is -2.48. The summed E-state index contributed by atoms with van der Waals surface area (Å²) in [6.07, 6.45) is 1.37. The summed E-state index contributed by atoms with van der Waals surface area (Å²) in [7, 11) is 1.64. The van der Waals surface area contributed by atoms with Gasteiger partial charge in [-0.2, -0.15) is 0 Å². The maximum Gasteiger partial charge on any atom is 0.227 e. The number of benzene rings is 2. The number of Topliss-reactive ketones (excluding diaryl/α,β-unsaturated/α-hetero) is 1. The topological polar surface area (TPSA) is 80.9 Å². The van der Waals surface area contributed by atoms with E-state index in [9.17, 15) is 9.59 Å². The Bertz CT molecular complexity index is 1210. The van der Waals surface area contributed by atoms with E-state index >= 15 is 0 Å². The number of fused-ring (bicyclic) bond motifs is 2. The van der Waals surface area contributed by atoms with Crippen LogP contribution in [0.25, 0.3) is 10.9 Å². The first-order valence-corrected chi connectivity index (χ1v) is 11.4. The van der Waals surface area contributed by atoms with E-state index in [1.807, 2.05) is 48.2 Å². The second-order valence-electron chi connectivity index (χ2n) is 8.67. The normalized spacial score (nSPS) is 17.9. The number of hydrogen-bond donors (Lipinski definition) is 1. The van der Waals surface area contributed by atoms with Crippen molar-refractivity contribution in [3.63, 3.8) is 0 Å². The number of rotatable bonds is 6. The molecule has 7 heteroatoms. The number of nitrogens with one attached hydrogen (secondary N) is 1. The molecule has 0 saturated carbocycles. The number of methoxy groups -OCH3 is 1. The molecule has 0 radical (unpaired) electrons. The average molecular weight is 449 g/mol. The predicted octanol–water partition coefficient (Wildman–Crippen LogP) is 3.46. The van der Waals surface area contributed by atoms with Gasteiger partial charge < -0.3 is 24.1 Å². The molecule has 2 aliphatic rings. The van der Waals surface area contributed by atoms with E-state index in [1.54, 1.807) is 7.11 Å². The van der Waals surface area contributed by atoms with Crippen molar-refractivity contribution in [2.45, 2.75) is 32.3 Å². The maximum absolute atomic E-state index is 13.2. The molecule has 2 aromatic carbocycles. The smallest absolute Gasteiger partial charge is 0.227 e. The molecule has 0 bridgehead atoms. The van der Waals surface area contributed by atoms with Crippen LogP contribution in [0.15, 0.2) is 36.4 Å². The molecule has 172 valence electrons. The highest BCUT2D eigenvalue weighted by molar-refractivity contribution is 6.01. The summed E-state index contributed by atoms with van der Waals surface area (Å²) in [5, 5.41) is 1.01. The van der Waals surface area contributed by atoms with Gasteiger partial charge in [-0.3, -0.25) is 9.59 Å². The Morgan fingerprint density at radius 1 is 1.24 bits per heavy atom. The van der Waals surface area contributed by atoms with Gasteiger partial charge in [-0.25, -0.2) is 0 Å². The Kier molecular flexibility index (Phi) is 5.81. The Hall–Kier alpha value is -3.32. The molecular weight excluding hydrogens is 420 g/mol. The zero-order valence-electron chi connectivity index (χ0n) is 19.0. The Balaban J connectivity index is 1.24. The molecule has 1 amide bonds. The van der Waals surface area contributed by atoms with Crippen molar-refractivity contribution in [1.29, 1.82) is 0 Å². The van der Waals surface area contributed by atoms with Crippen LogP contribution in [0.3, 0.4) is 0 Å². The fourth-order valence-electron chi connectivity index (χ4n) is 4.80. The van der Waals surface area contributed by atoms with E-state index in [4.69, 9.17) is 14.2 Å². The average Bonchev–Trinajstić information content (AvgIpc) is 3.37. The van der Waals surface area contributed by atoms with E-state index in [-0.39, 0.29) is 17.8 Å². The second kappa shape index (κ2) is 8.90. The van der Waals surface area contributed by atoms with Gasteiger partial charge in [0.2, 0.25) is 5.91 Å². The molecule has 1 fully saturated rings. The lowest BCUT2D eigenvalue weighted by atomic mass is 10.1. The minimum Gasteiger partial charge on any atom is -0.497 e. The molecule has 0 spiro atoms. The molecule has 2 heterocycles. The van der Waals surface area contributed by atoms with Crippen LogP contribution in [0.4, 0.5) is 0 Å². The lowest BCUT2D eigenvalue weighted by Gasteiger charge is -2.33. The molecule has 1 N–H and O–H groups in total. The molecule has 3 aromatic rings. The zero-order chi connectivity index (χ0) is 22.9. The number of ether oxygens (including phenoxy) is 3. The maximum atomic E-state index is 13.2. The lowest BCUT2D eigenvalue weighted by molar-refractivity contribution is -0.139. The van der Waals surface area contributed by atoms with E-state index in [1.165, 1.54) is 0 Å². The number of aromatic amines is 1. The van der Waals surface area contributed by atoms with Crippen LogP contribution >= 0.6 is 0 Å². The van der Waals surface area contributed by atoms with Crippen LogP contribution < -0.4 is 9.47 Å². The summed E-state index contributed by atoms with van der Waals surface area (Å²) in [6, 6.07) is 11.5. The van der Waals surface area contributed by atoms with E-state index in [2.05, 4.69) is 4.98 Å². The number of morpholine rings is 1. The van der Waals surface area contributed by atoms with Crippen LogP contribution in [0.2, 0.25) is 0 Å². The second-order valence-corrected chi connectivity index (χ2v) is 8.67. The quantitative estimate of drug-likeness (QED) is 0.625. The number of H-pyrrole nitrogens is 1. The minimum absolute atomic E-state index is 0.0707. The van der Waals surface area contributed by atoms with Gasteiger partial charge in [0, 0.05) is 40.7 Å². The number of aromatic nitrogens is 1. The molecule has 1 aromatic heterocycles. The Morgan fingerprint density at radius 3 is 2.97 bits per heavy atom. The first-order chi connectivity index (χ1) is 16.0. The molecule has 7 nitrogen and oxygen atoms in total. The van der Waals surface area contributed by atoms with E-state index in [0.29, 0.717) is 39.1 Å². The molecule has 33 heavy (non-hydrogen) atoms. The summed E-state index contributed by atoms with van der Waals surface area (Å²) >= 11 is 0. The standard InChI is InChI=1S/C26H28N2O5/c1-16-21(22-12-17(31-2)6-8-23(22)27-16)13-26(30)28-10-11-32-18(14-28)15-33-25-5-3-4-19-20(25)7-9-24(19)29/h3-6,8,12,18,27H,7,9-11,13-15H2,1-2H3. The third kappa shape index (κ3) is 4.20. The monoisotopic (exact) mass is 448 g/mol. The van der Waals surface area contributed by atoms with Gasteiger partial charge in [-0.15, -0.1) is 0 Å². The van der Waals surface area contributed by atoms with Crippen molar-refractivity contribution in [3.8, 4) is 11.5 Å². The SMILES string of the molecule is COc1ccc2[nH]c(C)c(CC(=O)N3CCOC(COc4cccc5c4CCC5=O)C3)c2c1.